The highest BCUT2D eigenvalue weighted by molar-refractivity contribution is 7.98. The summed E-state index contributed by atoms with van der Waals surface area (Å²) < 4.78 is 0. The quantitative estimate of drug-likeness (QED) is 0.650. The zero-order chi connectivity index (χ0) is 13.3. The lowest BCUT2D eigenvalue weighted by Crippen LogP contribution is -2.45. The number of hydrogen-bond acceptors (Lipinski definition) is 3. The van der Waals surface area contributed by atoms with Crippen molar-refractivity contribution >= 4 is 11.8 Å². The second-order valence-electron chi connectivity index (χ2n) is 5.21. The molecule has 0 aliphatic heterocycles. The molecule has 0 saturated heterocycles. The minimum Gasteiger partial charge on any atom is -0.316 e. The van der Waals surface area contributed by atoms with Crippen LogP contribution >= 0.6 is 11.8 Å². The minimum atomic E-state index is 0.442. The molecule has 0 rings (SSSR count). The van der Waals surface area contributed by atoms with Crippen LogP contribution < -0.4 is 5.32 Å². The monoisotopic (exact) mass is 260 g/mol. The van der Waals surface area contributed by atoms with Gasteiger partial charge in [-0.2, -0.15) is 11.8 Å². The van der Waals surface area contributed by atoms with Crippen molar-refractivity contribution in [3.8, 4) is 0 Å². The van der Waals surface area contributed by atoms with Gasteiger partial charge >= 0.3 is 0 Å². The lowest BCUT2D eigenvalue weighted by molar-refractivity contribution is 0.135. The maximum Gasteiger partial charge on any atom is 0.0155 e. The fraction of sp³-hybridized carbons (Fsp3) is 1.00. The van der Waals surface area contributed by atoms with E-state index in [4.69, 9.17) is 0 Å². The van der Waals surface area contributed by atoms with Crippen LogP contribution in [0.25, 0.3) is 0 Å². The van der Waals surface area contributed by atoms with Crippen molar-refractivity contribution in [2.24, 2.45) is 5.41 Å². The largest absolute Gasteiger partial charge is 0.316 e. The molecule has 104 valence electrons. The lowest BCUT2D eigenvalue weighted by atomic mass is 9.81. The Morgan fingerprint density at radius 1 is 1.24 bits per heavy atom. The fourth-order valence-electron chi connectivity index (χ4n) is 2.22. The summed E-state index contributed by atoms with van der Waals surface area (Å²) in [5.74, 6) is 1.22. The summed E-state index contributed by atoms with van der Waals surface area (Å²) in [5.41, 5.74) is 0.442. The van der Waals surface area contributed by atoms with Crippen molar-refractivity contribution in [1.82, 2.24) is 10.2 Å². The first-order valence-corrected chi connectivity index (χ1v) is 8.34. The molecule has 1 N–H and O–H groups in total. The van der Waals surface area contributed by atoms with Crippen LogP contribution in [0.5, 0.6) is 0 Å². The standard InChI is InChI=1S/C14H32N2S/c1-7-14(8-2,11-15-9-3)12-16(5)13(4)10-17-6/h13,15H,7-12H2,1-6H3. The van der Waals surface area contributed by atoms with E-state index in [1.54, 1.807) is 0 Å². The molecule has 0 spiro atoms. The highest BCUT2D eigenvalue weighted by atomic mass is 32.2. The summed E-state index contributed by atoms with van der Waals surface area (Å²) in [4.78, 5) is 2.53. The van der Waals surface area contributed by atoms with E-state index < -0.39 is 0 Å². The Labute approximate surface area is 113 Å². The van der Waals surface area contributed by atoms with Crippen molar-refractivity contribution in [1.29, 1.82) is 0 Å². The Kier molecular flexibility index (Phi) is 9.38. The molecule has 0 aliphatic carbocycles. The second kappa shape index (κ2) is 9.23. The SMILES string of the molecule is CCNCC(CC)(CC)CN(C)C(C)CSC. The van der Waals surface area contributed by atoms with Gasteiger partial charge in [0, 0.05) is 24.9 Å². The number of thioether (sulfide) groups is 1. The van der Waals surface area contributed by atoms with E-state index in [1.807, 2.05) is 11.8 Å². The van der Waals surface area contributed by atoms with Crippen molar-refractivity contribution in [3.63, 3.8) is 0 Å². The first kappa shape index (κ1) is 17.3. The molecule has 0 bridgehead atoms. The molecule has 0 amide bonds. The molecule has 0 heterocycles. The molecule has 0 radical (unpaired) electrons. The second-order valence-corrected chi connectivity index (χ2v) is 6.12. The third kappa shape index (κ3) is 6.12. The van der Waals surface area contributed by atoms with Crippen molar-refractivity contribution in [2.45, 2.75) is 46.6 Å². The van der Waals surface area contributed by atoms with Gasteiger partial charge in [0.05, 0.1) is 0 Å². The van der Waals surface area contributed by atoms with Gasteiger partial charge < -0.3 is 10.2 Å². The molecule has 0 aromatic heterocycles. The fourth-order valence-corrected chi connectivity index (χ4v) is 2.96. The van der Waals surface area contributed by atoms with E-state index in [1.165, 1.54) is 25.1 Å². The Bertz CT molecular complexity index is 181. The van der Waals surface area contributed by atoms with Crippen LogP contribution in [-0.2, 0) is 0 Å². The molecule has 1 unspecified atom stereocenters. The van der Waals surface area contributed by atoms with Crippen LogP contribution in [0.2, 0.25) is 0 Å². The van der Waals surface area contributed by atoms with E-state index in [2.05, 4.69) is 51.2 Å². The van der Waals surface area contributed by atoms with Gasteiger partial charge in [-0.1, -0.05) is 20.8 Å². The maximum absolute atomic E-state index is 3.54. The number of hydrogen-bond donors (Lipinski definition) is 1. The summed E-state index contributed by atoms with van der Waals surface area (Å²) >= 11 is 1.94. The summed E-state index contributed by atoms with van der Waals surface area (Å²) in [6.07, 6.45) is 4.70. The minimum absolute atomic E-state index is 0.442. The van der Waals surface area contributed by atoms with Crippen molar-refractivity contribution < 1.29 is 0 Å². The molecule has 0 saturated carbocycles. The Morgan fingerprint density at radius 2 is 1.82 bits per heavy atom. The molecular formula is C14H32N2S. The van der Waals surface area contributed by atoms with Crippen LogP contribution in [-0.4, -0.2) is 49.6 Å². The third-order valence-electron chi connectivity index (χ3n) is 4.00. The Morgan fingerprint density at radius 3 is 2.24 bits per heavy atom. The van der Waals surface area contributed by atoms with E-state index in [0.717, 1.165) is 13.1 Å². The van der Waals surface area contributed by atoms with Gasteiger partial charge in [0.2, 0.25) is 0 Å². The number of nitrogens with one attached hydrogen (secondary N) is 1. The number of rotatable bonds is 10. The van der Waals surface area contributed by atoms with E-state index in [9.17, 15) is 0 Å². The molecule has 0 aromatic carbocycles. The van der Waals surface area contributed by atoms with Crippen LogP contribution in [0.15, 0.2) is 0 Å². The molecule has 3 heteroatoms. The molecule has 1 atom stereocenters. The van der Waals surface area contributed by atoms with Gasteiger partial charge in [0.25, 0.3) is 0 Å². The summed E-state index contributed by atoms with van der Waals surface area (Å²) in [6.45, 7) is 12.6. The van der Waals surface area contributed by atoms with Gasteiger partial charge in [-0.05, 0) is 45.0 Å². The zero-order valence-corrected chi connectivity index (χ0v) is 13.5. The molecule has 17 heavy (non-hydrogen) atoms. The first-order chi connectivity index (χ1) is 8.05. The average molecular weight is 260 g/mol. The van der Waals surface area contributed by atoms with Crippen molar-refractivity contribution in [3.05, 3.63) is 0 Å². The summed E-state index contributed by atoms with van der Waals surface area (Å²) in [6, 6.07) is 0.670. The van der Waals surface area contributed by atoms with Crippen LogP contribution in [0.1, 0.15) is 40.5 Å². The molecule has 0 aliphatic rings. The van der Waals surface area contributed by atoms with Crippen molar-refractivity contribution in [2.75, 3.05) is 38.7 Å². The lowest BCUT2D eigenvalue weighted by Gasteiger charge is -2.38. The van der Waals surface area contributed by atoms with E-state index >= 15 is 0 Å². The van der Waals surface area contributed by atoms with Gasteiger partial charge in [-0.15, -0.1) is 0 Å². The average Bonchev–Trinajstić information content (AvgIpc) is 2.34. The Hall–Kier alpha value is 0.270. The highest BCUT2D eigenvalue weighted by Crippen LogP contribution is 2.27. The normalized spacial score (nSPS) is 14.3. The third-order valence-corrected chi connectivity index (χ3v) is 4.81. The van der Waals surface area contributed by atoms with Crippen LogP contribution in [0.4, 0.5) is 0 Å². The van der Waals surface area contributed by atoms with E-state index in [0.29, 0.717) is 11.5 Å². The highest BCUT2D eigenvalue weighted by Gasteiger charge is 2.28. The summed E-state index contributed by atoms with van der Waals surface area (Å²) in [7, 11) is 2.27. The van der Waals surface area contributed by atoms with Gasteiger partial charge in [-0.25, -0.2) is 0 Å². The van der Waals surface area contributed by atoms with Crippen LogP contribution in [0, 0.1) is 5.41 Å². The summed E-state index contributed by atoms with van der Waals surface area (Å²) in [5, 5.41) is 3.54. The predicted octanol–water partition coefficient (Wildman–Crippen LogP) is 3.09. The zero-order valence-electron chi connectivity index (χ0n) is 12.7. The first-order valence-electron chi connectivity index (χ1n) is 6.95. The maximum atomic E-state index is 3.54. The van der Waals surface area contributed by atoms with Crippen LogP contribution in [0.3, 0.4) is 0 Å². The number of nitrogens with zero attached hydrogens (tertiary/aromatic N) is 1. The van der Waals surface area contributed by atoms with Gasteiger partial charge in [0.15, 0.2) is 0 Å². The van der Waals surface area contributed by atoms with Gasteiger partial charge in [0.1, 0.15) is 0 Å². The smallest absolute Gasteiger partial charge is 0.0155 e. The van der Waals surface area contributed by atoms with E-state index in [-0.39, 0.29) is 0 Å². The predicted molar refractivity (Wildman–Crippen MR) is 82.0 cm³/mol. The van der Waals surface area contributed by atoms with Gasteiger partial charge in [-0.3, -0.25) is 0 Å². The molecule has 0 aromatic rings. The molecule has 0 fully saturated rings. The Balaban J connectivity index is 4.40. The molecular weight excluding hydrogens is 228 g/mol. The molecule has 2 nitrogen and oxygen atoms in total. The topological polar surface area (TPSA) is 15.3 Å².